The summed E-state index contributed by atoms with van der Waals surface area (Å²) in [6.45, 7) is 0.0652. The number of thioether (sulfide) groups is 1. The second-order valence-corrected chi connectivity index (χ2v) is 6.89. The second kappa shape index (κ2) is 6.77. The van der Waals surface area contributed by atoms with Crippen LogP contribution in [0.3, 0.4) is 0 Å². The number of non-ortho nitro benzene ring substituents is 1. The smallest absolute Gasteiger partial charge is 0.293 e. The highest BCUT2D eigenvalue weighted by Crippen LogP contribution is 2.33. The number of nitro benzene ring substituents is 1. The van der Waals surface area contributed by atoms with Gasteiger partial charge in [0, 0.05) is 18.2 Å². The van der Waals surface area contributed by atoms with E-state index in [0.717, 1.165) is 16.7 Å². The van der Waals surface area contributed by atoms with Gasteiger partial charge in [0.05, 0.1) is 16.4 Å². The Labute approximate surface area is 154 Å². The Morgan fingerprint density at radius 1 is 1.21 bits per heavy atom. The Morgan fingerprint density at radius 3 is 2.50 bits per heavy atom. The lowest BCUT2D eigenvalue weighted by Crippen LogP contribution is -2.27. The largest absolute Gasteiger partial charge is 0.451 e. The van der Waals surface area contributed by atoms with Gasteiger partial charge in [-0.1, -0.05) is 12.1 Å². The molecule has 24 heavy (non-hydrogen) atoms. The van der Waals surface area contributed by atoms with E-state index in [1.54, 1.807) is 12.1 Å². The number of hydrogen-bond donors (Lipinski definition) is 0. The molecule has 3 rings (SSSR count). The molecule has 2 aromatic rings. The molecule has 1 fully saturated rings. The first-order valence-electron chi connectivity index (χ1n) is 6.68. The zero-order valence-corrected chi connectivity index (χ0v) is 14.9. The van der Waals surface area contributed by atoms with Crippen LogP contribution in [0.25, 0.3) is 6.08 Å². The molecular formula is C15H9IN2O5S. The van der Waals surface area contributed by atoms with Gasteiger partial charge in [-0.05, 0) is 52.0 Å². The molecule has 0 radical (unpaired) electrons. The molecule has 0 spiro atoms. The van der Waals surface area contributed by atoms with E-state index in [4.69, 9.17) is 4.42 Å². The Bertz CT molecular complexity index is 859. The minimum atomic E-state index is -0.503. The van der Waals surface area contributed by atoms with Crippen LogP contribution in [0.4, 0.5) is 10.5 Å². The van der Waals surface area contributed by atoms with Gasteiger partial charge in [0.15, 0.2) is 3.77 Å². The number of halogens is 1. The summed E-state index contributed by atoms with van der Waals surface area (Å²) in [6.07, 6.45) is 1.53. The normalized spacial score (nSPS) is 16.2. The summed E-state index contributed by atoms with van der Waals surface area (Å²) in [6, 6.07) is 9.21. The van der Waals surface area contributed by atoms with Gasteiger partial charge in [0.25, 0.3) is 16.8 Å². The van der Waals surface area contributed by atoms with Crippen molar-refractivity contribution < 1.29 is 18.9 Å². The number of imide groups is 1. The van der Waals surface area contributed by atoms with Gasteiger partial charge >= 0.3 is 0 Å². The minimum absolute atomic E-state index is 0.0415. The summed E-state index contributed by atoms with van der Waals surface area (Å²) in [5.74, 6) is 0.0926. The van der Waals surface area contributed by atoms with E-state index in [1.165, 1.54) is 30.3 Å². The Balaban J connectivity index is 1.77. The molecule has 0 unspecified atom stereocenters. The van der Waals surface area contributed by atoms with Crippen molar-refractivity contribution in [3.8, 4) is 0 Å². The number of benzene rings is 1. The first-order valence-corrected chi connectivity index (χ1v) is 8.57. The van der Waals surface area contributed by atoms with Crippen molar-refractivity contribution in [2.24, 2.45) is 0 Å². The SMILES string of the molecule is O=C1S/C(=C/c2ccc(I)o2)C(=O)N1Cc1ccc([N+](=O)[O-])cc1. The molecule has 1 saturated heterocycles. The molecule has 0 saturated carbocycles. The number of carbonyl (C=O) groups excluding carboxylic acids is 2. The van der Waals surface area contributed by atoms with E-state index < -0.39 is 10.8 Å². The van der Waals surface area contributed by atoms with Crippen molar-refractivity contribution in [2.45, 2.75) is 6.54 Å². The van der Waals surface area contributed by atoms with E-state index in [0.29, 0.717) is 15.1 Å². The zero-order chi connectivity index (χ0) is 17.3. The molecule has 1 aliphatic heterocycles. The molecule has 2 heterocycles. The number of rotatable bonds is 4. The first kappa shape index (κ1) is 16.7. The summed E-state index contributed by atoms with van der Waals surface area (Å²) in [7, 11) is 0. The third-order valence-electron chi connectivity index (χ3n) is 3.23. The molecule has 9 heteroatoms. The topological polar surface area (TPSA) is 93.7 Å². The van der Waals surface area contributed by atoms with Gasteiger partial charge in [-0.2, -0.15) is 0 Å². The van der Waals surface area contributed by atoms with Crippen LogP contribution < -0.4 is 0 Å². The van der Waals surface area contributed by atoms with Crippen molar-refractivity contribution in [1.82, 2.24) is 4.90 Å². The van der Waals surface area contributed by atoms with Crippen molar-refractivity contribution in [3.63, 3.8) is 0 Å². The molecule has 1 aromatic carbocycles. The molecule has 0 aliphatic carbocycles. The predicted octanol–water partition coefficient (Wildman–Crippen LogP) is 4.03. The van der Waals surface area contributed by atoms with Gasteiger partial charge in [0.2, 0.25) is 0 Å². The average Bonchev–Trinajstić information content (AvgIpc) is 3.06. The van der Waals surface area contributed by atoms with Crippen molar-refractivity contribution in [1.29, 1.82) is 0 Å². The summed E-state index contributed by atoms with van der Waals surface area (Å²) in [5.41, 5.74) is 0.594. The maximum atomic E-state index is 12.4. The lowest BCUT2D eigenvalue weighted by Gasteiger charge is -2.12. The summed E-state index contributed by atoms with van der Waals surface area (Å²) >= 11 is 2.85. The Kier molecular flexibility index (Phi) is 4.71. The van der Waals surface area contributed by atoms with Crippen LogP contribution in [0.5, 0.6) is 0 Å². The van der Waals surface area contributed by atoms with Gasteiger partial charge in [-0.15, -0.1) is 0 Å². The fourth-order valence-corrected chi connectivity index (χ4v) is 3.33. The van der Waals surface area contributed by atoms with Crippen LogP contribution in [0.1, 0.15) is 11.3 Å². The van der Waals surface area contributed by atoms with E-state index in [2.05, 4.69) is 0 Å². The highest BCUT2D eigenvalue weighted by atomic mass is 127. The predicted molar refractivity (Wildman–Crippen MR) is 96.0 cm³/mol. The molecule has 1 aliphatic rings. The number of furan rings is 1. The van der Waals surface area contributed by atoms with E-state index >= 15 is 0 Å². The third-order valence-corrected chi connectivity index (χ3v) is 4.72. The maximum Gasteiger partial charge on any atom is 0.293 e. The van der Waals surface area contributed by atoms with Crippen molar-refractivity contribution in [3.05, 3.63) is 66.5 Å². The quantitative estimate of drug-likeness (QED) is 0.299. The van der Waals surface area contributed by atoms with Crippen LogP contribution in [-0.4, -0.2) is 21.0 Å². The van der Waals surface area contributed by atoms with Crippen LogP contribution >= 0.6 is 34.4 Å². The highest BCUT2D eigenvalue weighted by Gasteiger charge is 2.35. The molecule has 7 nitrogen and oxygen atoms in total. The van der Waals surface area contributed by atoms with Crippen molar-refractivity contribution in [2.75, 3.05) is 0 Å². The van der Waals surface area contributed by atoms with E-state index in [9.17, 15) is 19.7 Å². The monoisotopic (exact) mass is 456 g/mol. The van der Waals surface area contributed by atoms with Gasteiger partial charge in [-0.25, -0.2) is 0 Å². The highest BCUT2D eigenvalue weighted by molar-refractivity contribution is 14.1. The lowest BCUT2D eigenvalue weighted by atomic mass is 10.2. The maximum absolute atomic E-state index is 12.4. The Morgan fingerprint density at radius 2 is 1.92 bits per heavy atom. The average molecular weight is 456 g/mol. The number of hydrogen-bond acceptors (Lipinski definition) is 6. The fraction of sp³-hybridized carbons (Fsp3) is 0.0667. The molecule has 122 valence electrons. The van der Waals surface area contributed by atoms with Gasteiger partial charge in [-0.3, -0.25) is 24.6 Å². The van der Waals surface area contributed by atoms with Crippen molar-refractivity contribution >= 4 is 57.3 Å². The minimum Gasteiger partial charge on any atom is -0.451 e. The lowest BCUT2D eigenvalue weighted by molar-refractivity contribution is -0.384. The summed E-state index contributed by atoms with van der Waals surface area (Å²) in [5, 5.41) is 10.3. The van der Waals surface area contributed by atoms with Crippen LogP contribution in [0.15, 0.2) is 45.7 Å². The van der Waals surface area contributed by atoms with Crippen LogP contribution in [0.2, 0.25) is 0 Å². The number of nitro groups is 1. The Hall–Kier alpha value is -2.14. The zero-order valence-electron chi connectivity index (χ0n) is 12.0. The molecular weight excluding hydrogens is 447 g/mol. The number of carbonyl (C=O) groups is 2. The molecule has 1 aromatic heterocycles. The van der Waals surface area contributed by atoms with E-state index in [1.807, 2.05) is 22.6 Å². The standard InChI is InChI=1S/C15H9IN2O5S/c16-13-6-5-11(23-13)7-12-14(19)17(15(20)24-12)8-9-1-3-10(4-2-9)18(21)22/h1-7H,8H2/b12-7+. The molecule has 0 bridgehead atoms. The molecule has 0 atom stereocenters. The summed E-state index contributed by atoms with van der Waals surface area (Å²) in [4.78, 5) is 36.0. The van der Waals surface area contributed by atoms with Gasteiger partial charge < -0.3 is 4.42 Å². The first-order chi connectivity index (χ1) is 11.4. The second-order valence-electron chi connectivity index (χ2n) is 4.83. The van der Waals surface area contributed by atoms with Gasteiger partial charge in [0.1, 0.15) is 5.76 Å². The molecule has 2 amide bonds. The molecule has 0 N–H and O–H groups in total. The van der Waals surface area contributed by atoms with Crippen LogP contribution in [0, 0.1) is 13.9 Å². The number of amides is 2. The van der Waals surface area contributed by atoms with Crippen LogP contribution in [-0.2, 0) is 11.3 Å². The fourth-order valence-electron chi connectivity index (χ4n) is 2.08. The number of nitrogens with zero attached hydrogens (tertiary/aromatic N) is 2. The van der Waals surface area contributed by atoms with E-state index in [-0.39, 0.29) is 22.4 Å². The third kappa shape index (κ3) is 3.51. The summed E-state index contributed by atoms with van der Waals surface area (Å²) < 4.78 is 6.05.